The van der Waals surface area contributed by atoms with Gasteiger partial charge in [-0.2, -0.15) is 0 Å². The Balaban J connectivity index is 1.47. The van der Waals surface area contributed by atoms with Gasteiger partial charge in [-0.1, -0.05) is 19.3 Å². The van der Waals surface area contributed by atoms with E-state index in [1.165, 1.54) is 12.1 Å². The van der Waals surface area contributed by atoms with Crippen LogP contribution >= 0.6 is 0 Å². The average Bonchev–Trinajstić information content (AvgIpc) is 3.08. The molecule has 0 unspecified atom stereocenters. The molecule has 25 heavy (non-hydrogen) atoms. The highest BCUT2D eigenvalue weighted by molar-refractivity contribution is 5.76. The van der Waals surface area contributed by atoms with Crippen LogP contribution in [0.2, 0.25) is 0 Å². The fourth-order valence-corrected chi connectivity index (χ4v) is 3.13. The van der Waals surface area contributed by atoms with Gasteiger partial charge in [0.25, 0.3) is 0 Å². The highest BCUT2D eigenvalue weighted by Gasteiger charge is 2.29. The summed E-state index contributed by atoms with van der Waals surface area (Å²) in [6.45, 7) is 0.304. The second-order valence-electron chi connectivity index (χ2n) is 6.69. The van der Waals surface area contributed by atoms with Crippen molar-refractivity contribution in [2.45, 2.75) is 50.5 Å². The largest absolute Gasteiger partial charge is 0.441 e. The van der Waals surface area contributed by atoms with Gasteiger partial charge in [-0.05, 0) is 37.1 Å². The monoisotopic (exact) mass is 346 g/mol. The molecule has 2 aromatic rings. The van der Waals surface area contributed by atoms with Crippen LogP contribution in [0.3, 0.4) is 0 Å². The number of aliphatic hydroxyl groups is 1. The minimum absolute atomic E-state index is 0.125. The molecular formula is C19H23FN2O3. The SMILES string of the molecule is O=C(CCc1ncc(-c2ccc(F)cc2)o1)NCC1(O)CCCCC1. The number of hydrogen-bond donors (Lipinski definition) is 2. The minimum Gasteiger partial charge on any atom is -0.441 e. The van der Waals surface area contributed by atoms with Gasteiger partial charge in [-0.25, -0.2) is 9.37 Å². The van der Waals surface area contributed by atoms with E-state index in [4.69, 9.17) is 4.42 Å². The second kappa shape index (κ2) is 7.78. The molecule has 0 spiro atoms. The van der Waals surface area contributed by atoms with Gasteiger partial charge in [0, 0.05) is 24.9 Å². The molecule has 134 valence electrons. The lowest BCUT2D eigenvalue weighted by molar-refractivity contribution is -0.122. The van der Waals surface area contributed by atoms with E-state index in [0.717, 1.165) is 37.7 Å². The molecular weight excluding hydrogens is 323 g/mol. The Hall–Kier alpha value is -2.21. The fourth-order valence-electron chi connectivity index (χ4n) is 3.13. The van der Waals surface area contributed by atoms with Crippen molar-refractivity contribution in [2.75, 3.05) is 6.54 Å². The highest BCUT2D eigenvalue weighted by atomic mass is 19.1. The van der Waals surface area contributed by atoms with E-state index in [0.29, 0.717) is 24.6 Å². The number of aryl methyl sites for hydroxylation is 1. The Morgan fingerprint density at radius 3 is 2.68 bits per heavy atom. The zero-order valence-electron chi connectivity index (χ0n) is 14.1. The van der Waals surface area contributed by atoms with Crippen LogP contribution in [0.5, 0.6) is 0 Å². The first-order valence-corrected chi connectivity index (χ1v) is 8.74. The Kier molecular flexibility index (Phi) is 5.48. The third kappa shape index (κ3) is 4.89. The topological polar surface area (TPSA) is 75.4 Å². The first-order valence-electron chi connectivity index (χ1n) is 8.74. The first kappa shape index (κ1) is 17.6. The van der Waals surface area contributed by atoms with Crippen molar-refractivity contribution >= 4 is 5.91 Å². The number of carbonyl (C=O) groups is 1. The summed E-state index contributed by atoms with van der Waals surface area (Å²) in [6, 6.07) is 5.97. The minimum atomic E-state index is -0.757. The molecule has 1 heterocycles. The molecule has 0 atom stereocenters. The van der Waals surface area contributed by atoms with E-state index >= 15 is 0 Å². The van der Waals surface area contributed by atoms with E-state index in [1.54, 1.807) is 18.3 Å². The molecule has 2 N–H and O–H groups in total. The Morgan fingerprint density at radius 2 is 1.96 bits per heavy atom. The predicted molar refractivity (Wildman–Crippen MR) is 91.3 cm³/mol. The van der Waals surface area contributed by atoms with Crippen LogP contribution in [0.15, 0.2) is 34.9 Å². The van der Waals surface area contributed by atoms with E-state index < -0.39 is 5.60 Å². The van der Waals surface area contributed by atoms with Gasteiger partial charge in [0.15, 0.2) is 11.7 Å². The lowest BCUT2D eigenvalue weighted by Crippen LogP contribution is -2.44. The molecule has 1 saturated carbocycles. The van der Waals surface area contributed by atoms with Gasteiger partial charge in [-0.15, -0.1) is 0 Å². The van der Waals surface area contributed by atoms with Crippen LogP contribution in [0, 0.1) is 5.82 Å². The molecule has 0 aliphatic heterocycles. The molecule has 1 amide bonds. The van der Waals surface area contributed by atoms with Gasteiger partial charge in [0.05, 0.1) is 11.8 Å². The summed E-state index contributed by atoms with van der Waals surface area (Å²) >= 11 is 0. The number of hydrogen-bond acceptors (Lipinski definition) is 4. The second-order valence-corrected chi connectivity index (χ2v) is 6.69. The van der Waals surface area contributed by atoms with Crippen LogP contribution in [-0.4, -0.2) is 28.1 Å². The molecule has 1 aromatic heterocycles. The maximum absolute atomic E-state index is 12.9. The van der Waals surface area contributed by atoms with Gasteiger partial charge in [-0.3, -0.25) is 4.79 Å². The van der Waals surface area contributed by atoms with Crippen molar-refractivity contribution in [3.63, 3.8) is 0 Å². The summed E-state index contributed by atoms with van der Waals surface area (Å²) in [7, 11) is 0. The number of aromatic nitrogens is 1. The summed E-state index contributed by atoms with van der Waals surface area (Å²) in [5, 5.41) is 13.2. The molecule has 0 bridgehead atoms. The molecule has 0 radical (unpaired) electrons. The molecule has 0 saturated heterocycles. The number of nitrogens with one attached hydrogen (secondary N) is 1. The van der Waals surface area contributed by atoms with E-state index in [-0.39, 0.29) is 18.1 Å². The van der Waals surface area contributed by atoms with Crippen LogP contribution < -0.4 is 5.32 Å². The standard InChI is InChI=1S/C19H23FN2O3/c20-15-6-4-14(5-7-15)16-12-21-18(25-16)9-8-17(23)22-13-19(24)10-2-1-3-11-19/h4-7,12,24H,1-3,8-11,13H2,(H,22,23). The number of rotatable bonds is 6. The summed E-state index contributed by atoms with van der Waals surface area (Å²) in [6.07, 6.45) is 6.86. The lowest BCUT2D eigenvalue weighted by Gasteiger charge is -2.32. The van der Waals surface area contributed by atoms with Gasteiger partial charge < -0.3 is 14.8 Å². The van der Waals surface area contributed by atoms with E-state index in [1.807, 2.05) is 0 Å². The third-order valence-corrected chi connectivity index (χ3v) is 4.65. The van der Waals surface area contributed by atoms with Crippen molar-refractivity contribution in [1.82, 2.24) is 10.3 Å². The van der Waals surface area contributed by atoms with Crippen LogP contribution in [-0.2, 0) is 11.2 Å². The van der Waals surface area contributed by atoms with Crippen molar-refractivity contribution in [1.29, 1.82) is 0 Å². The first-order chi connectivity index (χ1) is 12.0. The van der Waals surface area contributed by atoms with Gasteiger partial charge >= 0.3 is 0 Å². The van der Waals surface area contributed by atoms with Crippen molar-refractivity contribution in [3.05, 3.63) is 42.2 Å². The maximum Gasteiger partial charge on any atom is 0.220 e. The highest BCUT2D eigenvalue weighted by Crippen LogP contribution is 2.27. The van der Waals surface area contributed by atoms with E-state index in [2.05, 4.69) is 10.3 Å². The third-order valence-electron chi connectivity index (χ3n) is 4.65. The number of benzene rings is 1. The molecule has 1 fully saturated rings. The Morgan fingerprint density at radius 1 is 1.24 bits per heavy atom. The van der Waals surface area contributed by atoms with Crippen molar-refractivity contribution in [2.24, 2.45) is 0 Å². The smallest absolute Gasteiger partial charge is 0.220 e. The van der Waals surface area contributed by atoms with E-state index in [9.17, 15) is 14.3 Å². The molecule has 1 aromatic carbocycles. The normalized spacial score (nSPS) is 16.6. The molecule has 1 aliphatic rings. The average molecular weight is 346 g/mol. The number of oxazole rings is 1. The Labute approximate surface area is 146 Å². The lowest BCUT2D eigenvalue weighted by atomic mass is 9.85. The predicted octanol–water partition coefficient (Wildman–Crippen LogP) is 3.22. The van der Waals surface area contributed by atoms with Crippen molar-refractivity contribution < 1.29 is 18.7 Å². The van der Waals surface area contributed by atoms with Crippen LogP contribution in [0.25, 0.3) is 11.3 Å². The zero-order valence-corrected chi connectivity index (χ0v) is 14.1. The van der Waals surface area contributed by atoms with Crippen molar-refractivity contribution in [3.8, 4) is 11.3 Å². The molecule has 1 aliphatic carbocycles. The summed E-state index contributed by atoms with van der Waals surface area (Å²) in [5.74, 6) is 0.582. The van der Waals surface area contributed by atoms with Gasteiger partial charge in [0.2, 0.25) is 5.91 Å². The summed E-state index contributed by atoms with van der Waals surface area (Å²) in [5.41, 5.74) is -0.0174. The van der Waals surface area contributed by atoms with Crippen LogP contribution in [0.4, 0.5) is 4.39 Å². The number of halogens is 1. The molecule has 5 nitrogen and oxygen atoms in total. The quantitative estimate of drug-likeness (QED) is 0.842. The zero-order chi connectivity index (χ0) is 17.7. The van der Waals surface area contributed by atoms with Crippen LogP contribution in [0.1, 0.15) is 44.4 Å². The maximum atomic E-state index is 12.9. The molecule has 6 heteroatoms. The number of amides is 1. The summed E-state index contributed by atoms with van der Waals surface area (Å²) < 4.78 is 18.6. The number of nitrogens with zero attached hydrogens (tertiary/aromatic N) is 1. The Bertz CT molecular complexity index is 706. The number of carbonyl (C=O) groups excluding carboxylic acids is 1. The molecule has 3 rings (SSSR count). The fraction of sp³-hybridized carbons (Fsp3) is 0.474. The summed E-state index contributed by atoms with van der Waals surface area (Å²) in [4.78, 5) is 16.1. The van der Waals surface area contributed by atoms with Gasteiger partial charge in [0.1, 0.15) is 5.82 Å².